The van der Waals surface area contributed by atoms with E-state index in [4.69, 9.17) is 14.6 Å². The number of carbonyl (C=O) groups is 1. The second kappa shape index (κ2) is 11.3. The third-order valence-corrected chi connectivity index (χ3v) is 6.86. The van der Waals surface area contributed by atoms with E-state index in [1.54, 1.807) is 7.11 Å². The number of carbonyl (C=O) groups excluding carboxylic acids is 1. The number of amides is 1. The van der Waals surface area contributed by atoms with Gasteiger partial charge >= 0.3 is 0 Å². The van der Waals surface area contributed by atoms with E-state index < -0.39 is 0 Å². The molecule has 2 aromatic carbocycles. The van der Waals surface area contributed by atoms with Gasteiger partial charge in [-0.2, -0.15) is 0 Å². The van der Waals surface area contributed by atoms with Gasteiger partial charge in [0.1, 0.15) is 23.1 Å². The van der Waals surface area contributed by atoms with Gasteiger partial charge in [0.15, 0.2) is 0 Å². The van der Waals surface area contributed by atoms with Crippen LogP contribution in [0.4, 0.5) is 0 Å². The molecule has 0 radical (unpaired) electrons. The molecule has 174 valence electrons. The Bertz CT molecular complexity index is 1040. The SMILES string of the molecule is COc1cccc(C(=O)N(Cc2ccc(OCc3nc(CO)cs3)cc2)C2CCCCC2)c1. The Balaban J connectivity index is 1.45. The summed E-state index contributed by atoms with van der Waals surface area (Å²) < 4.78 is 11.2. The largest absolute Gasteiger partial charge is 0.497 e. The second-order valence-corrected chi connectivity index (χ2v) is 9.22. The summed E-state index contributed by atoms with van der Waals surface area (Å²) in [6.07, 6.45) is 5.64. The lowest BCUT2D eigenvalue weighted by atomic mass is 9.93. The molecule has 3 aromatic rings. The Morgan fingerprint density at radius 1 is 1.12 bits per heavy atom. The Morgan fingerprint density at radius 2 is 1.91 bits per heavy atom. The molecule has 1 aliphatic rings. The van der Waals surface area contributed by atoms with Gasteiger partial charge in [0, 0.05) is 23.5 Å². The van der Waals surface area contributed by atoms with E-state index in [0.717, 1.165) is 42.0 Å². The number of ether oxygens (including phenoxy) is 2. The molecule has 0 spiro atoms. The first-order chi connectivity index (χ1) is 16.2. The van der Waals surface area contributed by atoms with E-state index in [1.165, 1.54) is 17.8 Å². The molecule has 0 unspecified atom stereocenters. The standard InChI is InChI=1S/C26H30N2O4S/c1-31-24-9-5-6-20(14-24)26(30)28(22-7-3-2-4-8-22)15-19-10-12-23(13-11-19)32-17-25-27-21(16-29)18-33-25/h5-6,9-14,18,22,29H,2-4,7-8,15-17H2,1H3. The van der Waals surface area contributed by atoms with E-state index in [9.17, 15) is 4.79 Å². The Hall–Kier alpha value is -2.90. The molecule has 6 nitrogen and oxygen atoms in total. The Labute approximate surface area is 198 Å². The minimum absolute atomic E-state index is 0.0459. The van der Waals surface area contributed by atoms with Crippen LogP contribution in [0.15, 0.2) is 53.9 Å². The van der Waals surface area contributed by atoms with Crippen LogP contribution in [-0.2, 0) is 19.8 Å². The number of rotatable bonds is 9. The number of methoxy groups -OCH3 is 1. The van der Waals surface area contributed by atoms with Gasteiger partial charge in [-0.3, -0.25) is 4.79 Å². The second-order valence-electron chi connectivity index (χ2n) is 8.28. The molecule has 33 heavy (non-hydrogen) atoms. The Kier molecular flexibility index (Phi) is 7.96. The molecule has 1 N–H and O–H groups in total. The van der Waals surface area contributed by atoms with Crippen molar-refractivity contribution in [3.8, 4) is 11.5 Å². The maximum absolute atomic E-state index is 13.5. The summed E-state index contributed by atoms with van der Waals surface area (Å²) in [5.41, 5.74) is 2.39. The van der Waals surface area contributed by atoms with Crippen molar-refractivity contribution < 1.29 is 19.4 Å². The number of aromatic nitrogens is 1. The van der Waals surface area contributed by atoms with Crippen LogP contribution in [0, 0.1) is 0 Å². The van der Waals surface area contributed by atoms with E-state index >= 15 is 0 Å². The zero-order valence-electron chi connectivity index (χ0n) is 18.9. The summed E-state index contributed by atoms with van der Waals surface area (Å²) in [7, 11) is 1.62. The Morgan fingerprint density at radius 3 is 2.61 bits per heavy atom. The number of aliphatic hydroxyl groups excluding tert-OH is 1. The average molecular weight is 467 g/mol. The maximum Gasteiger partial charge on any atom is 0.254 e. The zero-order valence-corrected chi connectivity index (χ0v) is 19.7. The highest BCUT2D eigenvalue weighted by Gasteiger charge is 2.26. The van der Waals surface area contributed by atoms with Gasteiger partial charge in [0.25, 0.3) is 5.91 Å². The van der Waals surface area contributed by atoms with E-state index in [2.05, 4.69) is 4.98 Å². The third-order valence-electron chi connectivity index (χ3n) is 5.99. The summed E-state index contributed by atoms with van der Waals surface area (Å²) in [5.74, 6) is 1.49. The van der Waals surface area contributed by atoms with Crippen LogP contribution in [0.3, 0.4) is 0 Å². The average Bonchev–Trinajstić information content (AvgIpc) is 3.35. The number of benzene rings is 2. The molecule has 1 amide bonds. The first-order valence-corrected chi connectivity index (χ1v) is 12.2. The third kappa shape index (κ3) is 6.12. The van der Waals surface area contributed by atoms with Gasteiger partial charge in [0.2, 0.25) is 0 Å². The lowest BCUT2D eigenvalue weighted by molar-refractivity contribution is 0.0614. The molecule has 4 rings (SSSR count). The van der Waals surface area contributed by atoms with Crippen LogP contribution in [0.25, 0.3) is 0 Å². The normalized spacial score (nSPS) is 14.1. The summed E-state index contributed by atoms with van der Waals surface area (Å²) >= 11 is 1.48. The lowest BCUT2D eigenvalue weighted by Gasteiger charge is -2.34. The van der Waals surface area contributed by atoms with Gasteiger partial charge in [-0.25, -0.2) is 4.98 Å². The van der Waals surface area contributed by atoms with Crippen LogP contribution in [0.5, 0.6) is 11.5 Å². The van der Waals surface area contributed by atoms with E-state index in [1.807, 2.05) is 58.8 Å². The molecule has 1 aromatic heterocycles. The molecule has 1 aliphatic carbocycles. The maximum atomic E-state index is 13.5. The molecule has 7 heteroatoms. The molecular formula is C26H30N2O4S. The predicted octanol–water partition coefficient (Wildman–Crippen LogP) is 5.20. The number of aliphatic hydroxyl groups is 1. The summed E-state index contributed by atoms with van der Waals surface area (Å²) in [6, 6.07) is 15.6. The summed E-state index contributed by atoms with van der Waals surface area (Å²) in [6.45, 7) is 0.872. The fourth-order valence-electron chi connectivity index (χ4n) is 4.20. The molecule has 0 atom stereocenters. The smallest absolute Gasteiger partial charge is 0.254 e. The van der Waals surface area contributed by atoms with Crippen molar-refractivity contribution >= 4 is 17.2 Å². The topological polar surface area (TPSA) is 71.9 Å². The predicted molar refractivity (Wildman–Crippen MR) is 129 cm³/mol. The van der Waals surface area contributed by atoms with Crippen molar-refractivity contribution in [1.29, 1.82) is 0 Å². The number of thiazole rings is 1. The van der Waals surface area contributed by atoms with Gasteiger partial charge < -0.3 is 19.5 Å². The van der Waals surface area contributed by atoms with E-state index in [0.29, 0.717) is 30.2 Å². The van der Waals surface area contributed by atoms with Crippen molar-refractivity contribution in [3.63, 3.8) is 0 Å². The summed E-state index contributed by atoms with van der Waals surface area (Å²) in [5, 5.41) is 11.8. The monoisotopic (exact) mass is 466 g/mol. The van der Waals surface area contributed by atoms with Gasteiger partial charge in [-0.05, 0) is 48.7 Å². The molecule has 1 saturated carbocycles. The van der Waals surface area contributed by atoms with Crippen LogP contribution >= 0.6 is 11.3 Å². The van der Waals surface area contributed by atoms with Gasteiger partial charge in [-0.1, -0.05) is 37.5 Å². The first-order valence-electron chi connectivity index (χ1n) is 11.4. The van der Waals surface area contributed by atoms with Crippen molar-refractivity contribution in [3.05, 3.63) is 75.7 Å². The number of nitrogens with zero attached hydrogens (tertiary/aromatic N) is 2. The molecule has 1 fully saturated rings. The molecule has 1 heterocycles. The molecular weight excluding hydrogens is 436 g/mol. The van der Waals surface area contributed by atoms with Crippen LogP contribution in [-0.4, -0.2) is 34.0 Å². The number of hydrogen-bond acceptors (Lipinski definition) is 6. The zero-order chi connectivity index (χ0) is 23.0. The van der Waals surface area contributed by atoms with Crippen LogP contribution in [0.1, 0.15) is 58.7 Å². The van der Waals surface area contributed by atoms with Crippen molar-refractivity contribution in [2.75, 3.05) is 7.11 Å². The highest BCUT2D eigenvalue weighted by atomic mass is 32.1. The summed E-state index contributed by atoms with van der Waals surface area (Å²) in [4.78, 5) is 19.8. The molecule has 0 saturated heterocycles. The van der Waals surface area contributed by atoms with Crippen molar-refractivity contribution in [1.82, 2.24) is 9.88 Å². The lowest BCUT2D eigenvalue weighted by Crippen LogP contribution is -2.41. The minimum atomic E-state index is -0.0584. The van der Waals surface area contributed by atoms with Crippen LogP contribution < -0.4 is 9.47 Å². The van der Waals surface area contributed by atoms with Gasteiger partial charge in [-0.15, -0.1) is 11.3 Å². The van der Waals surface area contributed by atoms with Crippen LogP contribution in [0.2, 0.25) is 0 Å². The molecule has 0 bridgehead atoms. The van der Waals surface area contributed by atoms with Crippen molar-refractivity contribution in [2.45, 2.75) is 57.9 Å². The van der Waals surface area contributed by atoms with E-state index in [-0.39, 0.29) is 18.6 Å². The quantitative estimate of drug-likeness (QED) is 0.469. The highest BCUT2D eigenvalue weighted by molar-refractivity contribution is 7.09. The molecule has 0 aliphatic heterocycles. The number of hydrogen-bond donors (Lipinski definition) is 1. The highest BCUT2D eigenvalue weighted by Crippen LogP contribution is 2.27. The fraction of sp³-hybridized carbons (Fsp3) is 0.385. The first kappa shape index (κ1) is 23.3. The fourth-order valence-corrected chi connectivity index (χ4v) is 4.90. The van der Waals surface area contributed by atoms with Gasteiger partial charge in [0.05, 0.1) is 19.4 Å². The minimum Gasteiger partial charge on any atom is -0.497 e. The van der Waals surface area contributed by atoms with Crippen molar-refractivity contribution in [2.24, 2.45) is 0 Å².